The summed E-state index contributed by atoms with van der Waals surface area (Å²) in [6.07, 6.45) is 1.31. The number of hydrogen-bond acceptors (Lipinski definition) is 5. The Hall–Kier alpha value is -2.96. The fourth-order valence-electron chi connectivity index (χ4n) is 2.45. The smallest absolute Gasteiger partial charge is 0.267 e. The third-order valence-electron chi connectivity index (χ3n) is 4.19. The molecule has 0 fully saturated rings. The minimum atomic E-state index is -0.333. The summed E-state index contributed by atoms with van der Waals surface area (Å²) in [5.41, 5.74) is 3.36. The molecule has 7 nitrogen and oxygen atoms in total. The van der Waals surface area contributed by atoms with E-state index in [-0.39, 0.29) is 23.7 Å². The van der Waals surface area contributed by atoms with Crippen molar-refractivity contribution in [2.24, 2.45) is 0 Å². The van der Waals surface area contributed by atoms with Crippen LogP contribution in [0.1, 0.15) is 16.8 Å². The van der Waals surface area contributed by atoms with E-state index in [4.69, 9.17) is 4.52 Å². The molecule has 3 rings (SSSR count). The van der Waals surface area contributed by atoms with Crippen LogP contribution in [0.2, 0.25) is 0 Å². The first kappa shape index (κ1) is 15.9. The molecule has 0 atom stereocenters. The van der Waals surface area contributed by atoms with E-state index >= 15 is 0 Å². The van der Waals surface area contributed by atoms with Crippen molar-refractivity contribution in [1.29, 1.82) is 0 Å². The van der Waals surface area contributed by atoms with Gasteiger partial charge in [0, 0.05) is 12.7 Å². The van der Waals surface area contributed by atoms with Crippen molar-refractivity contribution in [3.8, 4) is 0 Å². The van der Waals surface area contributed by atoms with Crippen molar-refractivity contribution in [3.63, 3.8) is 0 Å². The average molecular weight is 326 g/mol. The molecule has 0 saturated carbocycles. The first-order valence-corrected chi connectivity index (χ1v) is 7.53. The largest absolute Gasteiger partial charge is 0.335 e. The minimum absolute atomic E-state index is 0.101. The molecular weight excluding hydrogens is 308 g/mol. The first-order chi connectivity index (χ1) is 11.4. The number of hydrogen-bond donors (Lipinski definition) is 0. The summed E-state index contributed by atoms with van der Waals surface area (Å²) in [6.45, 7) is 5.58. The highest BCUT2D eigenvalue weighted by Crippen LogP contribution is 2.18. The van der Waals surface area contributed by atoms with Crippen LogP contribution in [-0.4, -0.2) is 27.7 Å². The van der Waals surface area contributed by atoms with E-state index < -0.39 is 0 Å². The van der Waals surface area contributed by atoms with Crippen molar-refractivity contribution in [3.05, 3.63) is 51.7 Å². The Labute approximate surface area is 138 Å². The number of aryl methyl sites for hydroxylation is 3. The Bertz CT molecular complexity index is 987. The second-order valence-corrected chi connectivity index (χ2v) is 5.85. The van der Waals surface area contributed by atoms with Crippen molar-refractivity contribution in [2.75, 3.05) is 11.9 Å². The standard InChI is InChI=1S/C17H18N4O3/c1-10-5-6-13(7-11(10)2)20(4)14(22)8-21-9-18-16-15(17(21)23)12(3)19-24-16/h5-7,9H,8H2,1-4H3. The van der Waals surface area contributed by atoms with Gasteiger partial charge in [-0.05, 0) is 44.0 Å². The van der Waals surface area contributed by atoms with Gasteiger partial charge in [-0.2, -0.15) is 0 Å². The van der Waals surface area contributed by atoms with Crippen LogP contribution in [0.5, 0.6) is 0 Å². The number of benzene rings is 1. The van der Waals surface area contributed by atoms with Crippen LogP contribution in [-0.2, 0) is 11.3 Å². The lowest BCUT2D eigenvalue weighted by Crippen LogP contribution is -2.34. The van der Waals surface area contributed by atoms with Crippen LogP contribution >= 0.6 is 0 Å². The lowest BCUT2D eigenvalue weighted by atomic mass is 10.1. The lowest BCUT2D eigenvalue weighted by Gasteiger charge is -2.19. The normalized spacial score (nSPS) is 11.0. The monoisotopic (exact) mass is 326 g/mol. The van der Waals surface area contributed by atoms with E-state index in [9.17, 15) is 9.59 Å². The molecule has 3 aromatic rings. The molecular formula is C17H18N4O3. The number of rotatable bonds is 3. The topological polar surface area (TPSA) is 81.2 Å². The van der Waals surface area contributed by atoms with E-state index in [1.54, 1.807) is 14.0 Å². The molecule has 1 aromatic carbocycles. The second kappa shape index (κ2) is 5.92. The number of carbonyl (C=O) groups is 1. The third kappa shape index (κ3) is 2.68. The van der Waals surface area contributed by atoms with E-state index in [0.717, 1.165) is 16.8 Å². The van der Waals surface area contributed by atoms with E-state index in [0.29, 0.717) is 11.1 Å². The summed E-state index contributed by atoms with van der Waals surface area (Å²) in [5.74, 6) is -0.212. The molecule has 2 aromatic heterocycles. The van der Waals surface area contributed by atoms with Crippen molar-refractivity contribution < 1.29 is 9.32 Å². The molecule has 0 radical (unpaired) electrons. The van der Waals surface area contributed by atoms with E-state index in [1.165, 1.54) is 15.8 Å². The van der Waals surface area contributed by atoms with Gasteiger partial charge in [-0.3, -0.25) is 14.2 Å². The van der Waals surface area contributed by atoms with Crippen LogP contribution in [0.3, 0.4) is 0 Å². The summed E-state index contributed by atoms with van der Waals surface area (Å²) >= 11 is 0. The fourth-order valence-corrected chi connectivity index (χ4v) is 2.45. The Morgan fingerprint density at radius 1 is 1.25 bits per heavy atom. The van der Waals surface area contributed by atoms with Gasteiger partial charge in [-0.1, -0.05) is 11.2 Å². The highest BCUT2D eigenvalue weighted by molar-refractivity contribution is 5.92. The molecule has 0 aliphatic heterocycles. The van der Waals surface area contributed by atoms with Crippen LogP contribution < -0.4 is 10.5 Å². The van der Waals surface area contributed by atoms with Gasteiger partial charge in [0.05, 0.1) is 5.69 Å². The summed E-state index contributed by atoms with van der Waals surface area (Å²) in [4.78, 5) is 30.5. The maximum Gasteiger partial charge on any atom is 0.267 e. The average Bonchev–Trinajstić information content (AvgIpc) is 2.94. The number of anilines is 1. The lowest BCUT2D eigenvalue weighted by molar-refractivity contribution is -0.118. The number of fused-ring (bicyclic) bond motifs is 1. The Kier molecular flexibility index (Phi) is 3.92. The summed E-state index contributed by atoms with van der Waals surface area (Å²) < 4.78 is 6.23. The highest BCUT2D eigenvalue weighted by Gasteiger charge is 2.16. The van der Waals surface area contributed by atoms with Gasteiger partial charge in [0.2, 0.25) is 5.91 Å². The predicted octanol–water partition coefficient (Wildman–Crippen LogP) is 1.97. The number of carbonyl (C=O) groups excluding carboxylic acids is 1. The van der Waals surface area contributed by atoms with Gasteiger partial charge in [-0.15, -0.1) is 0 Å². The summed E-state index contributed by atoms with van der Waals surface area (Å²) in [7, 11) is 1.69. The van der Waals surface area contributed by atoms with Gasteiger partial charge in [0.25, 0.3) is 11.3 Å². The van der Waals surface area contributed by atoms with Gasteiger partial charge in [-0.25, -0.2) is 4.98 Å². The van der Waals surface area contributed by atoms with Crippen LogP contribution in [0.25, 0.3) is 11.1 Å². The molecule has 0 bridgehead atoms. The van der Waals surface area contributed by atoms with Crippen molar-refractivity contribution in [2.45, 2.75) is 27.3 Å². The molecule has 7 heteroatoms. The van der Waals surface area contributed by atoms with E-state index in [2.05, 4.69) is 10.1 Å². The van der Waals surface area contributed by atoms with Crippen molar-refractivity contribution >= 4 is 22.7 Å². The van der Waals surface area contributed by atoms with Crippen molar-refractivity contribution in [1.82, 2.24) is 14.7 Å². The van der Waals surface area contributed by atoms with Gasteiger partial charge >= 0.3 is 0 Å². The molecule has 0 unspecified atom stereocenters. The Morgan fingerprint density at radius 3 is 2.71 bits per heavy atom. The Balaban J connectivity index is 1.89. The van der Waals surface area contributed by atoms with Crippen LogP contribution in [0.15, 0.2) is 33.8 Å². The molecule has 24 heavy (non-hydrogen) atoms. The zero-order chi connectivity index (χ0) is 17.4. The zero-order valence-corrected chi connectivity index (χ0v) is 14.0. The molecule has 0 saturated heterocycles. The SMILES string of the molecule is Cc1ccc(N(C)C(=O)Cn2cnc3onc(C)c3c2=O)cc1C. The summed E-state index contributed by atoms with van der Waals surface area (Å²) in [6, 6.07) is 5.80. The van der Waals surface area contributed by atoms with Crippen LogP contribution in [0, 0.1) is 20.8 Å². The third-order valence-corrected chi connectivity index (χ3v) is 4.19. The highest BCUT2D eigenvalue weighted by atomic mass is 16.5. The van der Waals surface area contributed by atoms with Gasteiger partial charge < -0.3 is 9.42 Å². The quantitative estimate of drug-likeness (QED) is 0.735. The van der Waals surface area contributed by atoms with Gasteiger partial charge in [0.1, 0.15) is 18.3 Å². The second-order valence-electron chi connectivity index (χ2n) is 5.85. The maximum atomic E-state index is 12.5. The Morgan fingerprint density at radius 2 is 2.00 bits per heavy atom. The minimum Gasteiger partial charge on any atom is -0.335 e. The molecule has 2 heterocycles. The van der Waals surface area contributed by atoms with E-state index in [1.807, 2.05) is 32.0 Å². The number of amides is 1. The van der Waals surface area contributed by atoms with Crippen LogP contribution in [0.4, 0.5) is 5.69 Å². The maximum absolute atomic E-state index is 12.5. The molecule has 0 N–H and O–H groups in total. The summed E-state index contributed by atoms with van der Waals surface area (Å²) in [5, 5.41) is 4.04. The number of likely N-dealkylation sites (N-methyl/N-ethyl adjacent to an activating group) is 1. The van der Waals surface area contributed by atoms with Gasteiger partial charge in [0.15, 0.2) is 0 Å². The molecule has 124 valence electrons. The molecule has 1 amide bonds. The predicted molar refractivity (Wildman–Crippen MR) is 90.1 cm³/mol. The molecule has 0 spiro atoms. The molecule has 0 aliphatic rings. The molecule has 0 aliphatic carbocycles. The zero-order valence-electron chi connectivity index (χ0n) is 14.0. The fraction of sp³-hybridized carbons (Fsp3) is 0.294. The number of nitrogens with zero attached hydrogens (tertiary/aromatic N) is 4. The number of aromatic nitrogens is 3. The first-order valence-electron chi connectivity index (χ1n) is 7.53.